The van der Waals surface area contributed by atoms with Crippen molar-refractivity contribution in [1.82, 2.24) is 0 Å². The molecule has 2 rings (SSSR count). The Bertz CT molecular complexity index is 420. The van der Waals surface area contributed by atoms with Gasteiger partial charge in [-0.25, -0.2) is 0 Å². The van der Waals surface area contributed by atoms with E-state index in [-0.39, 0.29) is 0 Å². The Morgan fingerprint density at radius 2 is 1.00 bits per heavy atom. The molecule has 0 fully saturated rings. The summed E-state index contributed by atoms with van der Waals surface area (Å²) in [4.78, 5) is 0. The molecule has 0 spiro atoms. The molecule has 0 heterocycles. The van der Waals surface area contributed by atoms with Gasteiger partial charge >= 0.3 is 0 Å². The second kappa shape index (κ2) is 6.07. The summed E-state index contributed by atoms with van der Waals surface area (Å²) in [7, 11) is 0. The molecule has 0 aromatic heterocycles. The second-order valence-electron chi connectivity index (χ2n) is 3.76. The Hall–Kier alpha value is -1.00. The highest BCUT2D eigenvalue weighted by atomic mass is 79.9. The van der Waals surface area contributed by atoms with Gasteiger partial charge in [-0.2, -0.15) is 0 Å². The Morgan fingerprint density at radius 3 is 1.29 bits per heavy atom. The normalized spacial score (nSPS) is 10.0. The Balaban J connectivity index is 2.08. The monoisotopic (exact) mass is 354 g/mol. The quantitative estimate of drug-likeness (QED) is 0.775. The molecule has 0 aliphatic heterocycles. The van der Waals surface area contributed by atoms with E-state index in [1.807, 2.05) is 0 Å². The van der Waals surface area contributed by atoms with Gasteiger partial charge in [0.15, 0.2) is 0 Å². The van der Waals surface area contributed by atoms with Gasteiger partial charge in [0.1, 0.15) is 0 Å². The van der Waals surface area contributed by atoms with E-state index in [9.17, 15) is 0 Å². The third-order valence-corrected chi connectivity index (χ3v) is 3.45. The molecule has 0 radical (unpaired) electrons. The molecule has 2 aromatic carbocycles. The Kier molecular flexibility index (Phi) is 4.45. The molecule has 0 unspecified atom stereocenters. The maximum absolute atomic E-state index is 3.20. The highest BCUT2D eigenvalue weighted by molar-refractivity contribution is 9.10. The summed E-state index contributed by atoms with van der Waals surface area (Å²) in [6.45, 7) is 0. The third kappa shape index (κ3) is 3.48. The second-order valence-corrected chi connectivity index (χ2v) is 4.55. The number of hydrogen-bond donors (Lipinski definition) is 2. The van der Waals surface area contributed by atoms with Crippen LogP contribution in [0.5, 0.6) is 0 Å². The molecule has 0 aliphatic carbocycles. The van der Waals surface area contributed by atoms with E-state index in [2.05, 4.69) is 89.5 Å². The summed E-state index contributed by atoms with van der Waals surface area (Å²) in [5.41, 5.74) is 4.73. The lowest BCUT2D eigenvalue weighted by atomic mass is 10.0. The predicted molar refractivity (Wildman–Crippen MR) is 80.8 cm³/mol. The van der Waals surface area contributed by atoms with Crippen LogP contribution in [-0.2, 0) is 6.42 Å². The van der Waals surface area contributed by atoms with E-state index in [0.29, 0.717) is 0 Å². The smallest absolute Gasteiger partial charge is 0.0465 e. The topological polar surface area (TPSA) is 24.1 Å². The molecule has 0 saturated heterocycles. The fourth-order valence-electron chi connectivity index (χ4n) is 1.61. The van der Waals surface area contributed by atoms with Gasteiger partial charge in [0.2, 0.25) is 0 Å². The number of benzene rings is 2. The third-order valence-electron chi connectivity index (χ3n) is 2.53. The van der Waals surface area contributed by atoms with E-state index >= 15 is 0 Å². The van der Waals surface area contributed by atoms with Gasteiger partial charge < -0.3 is 8.69 Å². The molecular formula is C13H12Br2N2. The summed E-state index contributed by atoms with van der Waals surface area (Å²) >= 11 is 6.41. The van der Waals surface area contributed by atoms with Crippen LogP contribution in [0.15, 0.2) is 48.5 Å². The van der Waals surface area contributed by atoms with Crippen LogP contribution in [0.4, 0.5) is 11.4 Å². The van der Waals surface area contributed by atoms with E-state index in [0.717, 1.165) is 17.8 Å². The number of anilines is 2. The summed E-state index contributed by atoms with van der Waals surface area (Å²) in [6, 6.07) is 16.7. The molecule has 88 valence electrons. The summed E-state index contributed by atoms with van der Waals surface area (Å²) < 4.78 is 5.86. The lowest BCUT2D eigenvalue weighted by Gasteiger charge is -2.04. The molecule has 17 heavy (non-hydrogen) atoms. The van der Waals surface area contributed by atoms with Gasteiger partial charge in [0, 0.05) is 43.7 Å². The number of hydrogen-bond acceptors (Lipinski definition) is 2. The molecule has 0 saturated carbocycles. The fourth-order valence-corrected chi connectivity index (χ4v) is 2.14. The zero-order chi connectivity index (χ0) is 12.1. The van der Waals surface area contributed by atoms with Gasteiger partial charge in [0.05, 0.1) is 0 Å². The minimum Gasteiger partial charge on any atom is -0.322 e. The van der Waals surface area contributed by atoms with Crippen molar-refractivity contribution in [2.75, 3.05) is 8.69 Å². The maximum Gasteiger partial charge on any atom is 0.0465 e. The average molecular weight is 356 g/mol. The van der Waals surface area contributed by atoms with Crippen LogP contribution in [-0.4, -0.2) is 0 Å². The Labute approximate surface area is 118 Å². The van der Waals surface area contributed by atoms with Gasteiger partial charge in [0.25, 0.3) is 0 Å². The SMILES string of the molecule is BrNc1ccc(Cc2ccc(NBr)cc2)cc1. The molecule has 2 aromatic rings. The molecular weight excluding hydrogens is 344 g/mol. The van der Waals surface area contributed by atoms with Crippen LogP contribution >= 0.6 is 32.3 Å². The highest BCUT2D eigenvalue weighted by Gasteiger charge is 1.97. The van der Waals surface area contributed by atoms with Gasteiger partial charge in [-0.1, -0.05) is 24.3 Å². The highest BCUT2D eigenvalue weighted by Crippen LogP contribution is 2.16. The number of halogens is 2. The molecule has 4 heteroatoms. The lowest BCUT2D eigenvalue weighted by molar-refractivity contribution is 1.19. The zero-order valence-corrected chi connectivity index (χ0v) is 12.3. The molecule has 0 amide bonds. The van der Waals surface area contributed by atoms with Crippen molar-refractivity contribution in [1.29, 1.82) is 0 Å². The van der Waals surface area contributed by atoms with Crippen molar-refractivity contribution in [2.45, 2.75) is 6.42 Å². The first-order valence-corrected chi connectivity index (χ1v) is 6.81. The van der Waals surface area contributed by atoms with Crippen molar-refractivity contribution < 1.29 is 0 Å². The standard InChI is InChI=1S/C13H12Br2N2/c14-16-12-5-1-10(2-6-12)9-11-3-7-13(17-15)8-4-11/h1-8,16-17H,9H2. The summed E-state index contributed by atoms with van der Waals surface area (Å²) in [5.74, 6) is 0. The Morgan fingerprint density at radius 1 is 0.647 bits per heavy atom. The van der Waals surface area contributed by atoms with Crippen molar-refractivity contribution >= 4 is 43.7 Å². The molecule has 2 N–H and O–H groups in total. The first-order valence-electron chi connectivity index (χ1n) is 5.23. The molecule has 0 atom stereocenters. The largest absolute Gasteiger partial charge is 0.322 e. The molecule has 0 bridgehead atoms. The lowest BCUT2D eigenvalue weighted by Crippen LogP contribution is -1.89. The van der Waals surface area contributed by atoms with Crippen molar-refractivity contribution in [3.05, 3.63) is 59.7 Å². The van der Waals surface area contributed by atoms with E-state index in [4.69, 9.17) is 0 Å². The summed E-state index contributed by atoms with van der Waals surface area (Å²) in [5, 5.41) is 0. The van der Waals surface area contributed by atoms with Crippen LogP contribution < -0.4 is 8.69 Å². The van der Waals surface area contributed by atoms with E-state index < -0.39 is 0 Å². The average Bonchev–Trinajstić information content (AvgIpc) is 2.40. The fraction of sp³-hybridized carbons (Fsp3) is 0.0769. The summed E-state index contributed by atoms with van der Waals surface area (Å²) in [6.07, 6.45) is 0.950. The van der Waals surface area contributed by atoms with E-state index in [1.165, 1.54) is 11.1 Å². The minimum atomic E-state index is 0.950. The van der Waals surface area contributed by atoms with Gasteiger partial charge in [-0.05, 0) is 41.8 Å². The van der Waals surface area contributed by atoms with Crippen molar-refractivity contribution in [3.63, 3.8) is 0 Å². The number of rotatable bonds is 4. The maximum atomic E-state index is 3.20. The zero-order valence-electron chi connectivity index (χ0n) is 9.08. The van der Waals surface area contributed by atoms with Crippen molar-refractivity contribution in [2.24, 2.45) is 0 Å². The van der Waals surface area contributed by atoms with Crippen LogP contribution in [0.25, 0.3) is 0 Å². The number of nitrogens with one attached hydrogen (secondary N) is 2. The van der Waals surface area contributed by atoms with Crippen LogP contribution in [0, 0.1) is 0 Å². The van der Waals surface area contributed by atoms with Crippen molar-refractivity contribution in [3.8, 4) is 0 Å². The van der Waals surface area contributed by atoms with Gasteiger partial charge in [-0.15, -0.1) is 0 Å². The minimum absolute atomic E-state index is 0.950. The van der Waals surface area contributed by atoms with Crippen LogP contribution in [0.3, 0.4) is 0 Å². The first kappa shape index (κ1) is 12.5. The van der Waals surface area contributed by atoms with Gasteiger partial charge in [-0.3, -0.25) is 0 Å². The van der Waals surface area contributed by atoms with Crippen LogP contribution in [0.2, 0.25) is 0 Å². The first-order chi connectivity index (χ1) is 8.31. The molecule has 2 nitrogen and oxygen atoms in total. The van der Waals surface area contributed by atoms with Crippen LogP contribution in [0.1, 0.15) is 11.1 Å². The van der Waals surface area contributed by atoms with E-state index in [1.54, 1.807) is 0 Å². The molecule has 0 aliphatic rings. The predicted octanol–water partition coefficient (Wildman–Crippen LogP) is 4.72.